The zero-order valence-corrected chi connectivity index (χ0v) is 15.0. The highest BCUT2D eigenvalue weighted by Gasteiger charge is 2.30. The molecule has 0 aliphatic rings. The number of rotatable bonds is 5. The second-order valence-electron chi connectivity index (χ2n) is 5.80. The molecule has 0 unspecified atom stereocenters. The Kier molecular flexibility index (Phi) is 5.22. The molecule has 0 aliphatic heterocycles. The SMILES string of the molecule is Cc1ccc(-c2c(SC(C)(C)C(=O)O)ccc(C=N)c2S)cc1. The maximum atomic E-state index is 11.4. The second kappa shape index (κ2) is 6.81. The van der Waals surface area contributed by atoms with E-state index >= 15 is 0 Å². The van der Waals surface area contributed by atoms with Crippen molar-refractivity contribution < 1.29 is 9.90 Å². The fraction of sp³-hybridized carbons (Fsp3) is 0.222. The molecule has 3 nitrogen and oxygen atoms in total. The summed E-state index contributed by atoms with van der Waals surface area (Å²) in [5.74, 6) is -0.866. The molecule has 0 atom stereocenters. The number of nitrogens with one attached hydrogen (secondary N) is 1. The van der Waals surface area contributed by atoms with Gasteiger partial charge in [0.05, 0.1) is 0 Å². The van der Waals surface area contributed by atoms with E-state index in [1.165, 1.54) is 18.0 Å². The average Bonchev–Trinajstić information content (AvgIpc) is 2.48. The molecule has 0 spiro atoms. The van der Waals surface area contributed by atoms with E-state index in [-0.39, 0.29) is 0 Å². The summed E-state index contributed by atoms with van der Waals surface area (Å²) in [7, 11) is 0. The summed E-state index contributed by atoms with van der Waals surface area (Å²) in [6.45, 7) is 5.38. The predicted octanol–water partition coefficient (Wildman–Crippen LogP) is 4.90. The average molecular weight is 345 g/mol. The van der Waals surface area contributed by atoms with E-state index in [0.29, 0.717) is 10.5 Å². The molecular weight excluding hydrogens is 326 g/mol. The number of aryl methyl sites for hydroxylation is 1. The lowest BCUT2D eigenvalue weighted by Gasteiger charge is -2.22. The fourth-order valence-corrected chi connectivity index (χ4v) is 3.67. The summed E-state index contributed by atoms with van der Waals surface area (Å²) in [6, 6.07) is 11.7. The third kappa shape index (κ3) is 3.79. The smallest absolute Gasteiger partial charge is 0.319 e. The Balaban J connectivity index is 2.63. The van der Waals surface area contributed by atoms with Crippen molar-refractivity contribution in [2.45, 2.75) is 35.3 Å². The van der Waals surface area contributed by atoms with Gasteiger partial charge in [0, 0.05) is 27.1 Å². The highest BCUT2D eigenvalue weighted by atomic mass is 32.2. The predicted molar refractivity (Wildman–Crippen MR) is 99.3 cm³/mol. The van der Waals surface area contributed by atoms with E-state index in [9.17, 15) is 9.90 Å². The summed E-state index contributed by atoms with van der Waals surface area (Å²) in [4.78, 5) is 13.0. The number of thiol groups is 1. The van der Waals surface area contributed by atoms with Crippen molar-refractivity contribution in [3.8, 4) is 11.1 Å². The third-order valence-electron chi connectivity index (χ3n) is 3.55. The summed E-state index contributed by atoms with van der Waals surface area (Å²) in [5, 5.41) is 16.9. The van der Waals surface area contributed by atoms with Crippen LogP contribution in [0.3, 0.4) is 0 Å². The molecule has 23 heavy (non-hydrogen) atoms. The quantitative estimate of drug-likeness (QED) is 0.410. The standard InChI is InChI=1S/C18H19NO2S2/c1-11-4-6-12(7-5-11)15-14(23-18(2,3)17(20)21)9-8-13(10-19)16(15)22/h4-10,19,22H,1-3H3,(H,20,21). The van der Waals surface area contributed by atoms with Crippen molar-refractivity contribution in [1.82, 2.24) is 0 Å². The van der Waals surface area contributed by atoms with E-state index in [0.717, 1.165) is 21.6 Å². The molecule has 0 aliphatic carbocycles. The van der Waals surface area contributed by atoms with Crippen LogP contribution in [0.15, 0.2) is 46.2 Å². The van der Waals surface area contributed by atoms with Gasteiger partial charge < -0.3 is 10.5 Å². The minimum absolute atomic E-state index is 0.690. The minimum atomic E-state index is -0.953. The normalized spacial score (nSPS) is 11.3. The van der Waals surface area contributed by atoms with Crippen LogP contribution in [-0.4, -0.2) is 22.0 Å². The van der Waals surface area contributed by atoms with Gasteiger partial charge in [0.15, 0.2) is 0 Å². The number of carboxylic acids is 1. The van der Waals surface area contributed by atoms with Crippen LogP contribution in [0.4, 0.5) is 0 Å². The molecule has 0 aromatic heterocycles. The highest BCUT2D eigenvalue weighted by Crippen LogP contribution is 2.42. The molecule has 0 heterocycles. The van der Waals surface area contributed by atoms with Crippen LogP contribution in [0.1, 0.15) is 25.0 Å². The lowest BCUT2D eigenvalue weighted by molar-refractivity contribution is -0.138. The largest absolute Gasteiger partial charge is 0.480 e. The van der Waals surface area contributed by atoms with E-state index in [1.807, 2.05) is 37.3 Å². The molecule has 2 aromatic rings. The maximum absolute atomic E-state index is 11.4. The van der Waals surface area contributed by atoms with E-state index in [1.54, 1.807) is 19.9 Å². The Labute approximate surface area is 146 Å². The maximum Gasteiger partial charge on any atom is 0.319 e. The summed E-state index contributed by atoms with van der Waals surface area (Å²) in [5.41, 5.74) is 3.70. The molecule has 0 bridgehead atoms. The van der Waals surface area contributed by atoms with Gasteiger partial charge in [-0.05, 0) is 32.4 Å². The van der Waals surface area contributed by atoms with Gasteiger partial charge in [-0.1, -0.05) is 35.9 Å². The van der Waals surface area contributed by atoms with Crippen LogP contribution in [0, 0.1) is 12.3 Å². The number of carboxylic acid groups (broad SMARTS) is 1. The molecule has 120 valence electrons. The molecule has 2 N–H and O–H groups in total. The molecule has 0 saturated carbocycles. The Morgan fingerprint density at radius 1 is 1.22 bits per heavy atom. The number of hydrogen-bond donors (Lipinski definition) is 3. The Hall–Kier alpha value is -1.72. The number of thioether (sulfide) groups is 1. The molecule has 0 saturated heterocycles. The van der Waals surface area contributed by atoms with Gasteiger partial charge in [-0.2, -0.15) is 0 Å². The number of hydrogen-bond acceptors (Lipinski definition) is 4. The lowest BCUT2D eigenvalue weighted by atomic mass is 10.0. The highest BCUT2D eigenvalue weighted by molar-refractivity contribution is 8.01. The molecule has 0 fully saturated rings. The molecule has 2 aromatic carbocycles. The van der Waals surface area contributed by atoms with Crippen LogP contribution < -0.4 is 0 Å². The topological polar surface area (TPSA) is 61.1 Å². The lowest BCUT2D eigenvalue weighted by Crippen LogP contribution is -2.27. The first-order chi connectivity index (χ1) is 10.8. The van der Waals surface area contributed by atoms with Crippen molar-refractivity contribution >= 4 is 36.6 Å². The first-order valence-electron chi connectivity index (χ1n) is 7.12. The second-order valence-corrected chi connectivity index (χ2v) is 7.92. The van der Waals surface area contributed by atoms with E-state index in [4.69, 9.17) is 5.41 Å². The fourth-order valence-electron chi connectivity index (χ4n) is 2.11. The third-order valence-corrected chi connectivity index (χ3v) is 5.27. The van der Waals surface area contributed by atoms with Crippen LogP contribution >= 0.6 is 24.4 Å². The van der Waals surface area contributed by atoms with Crippen molar-refractivity contribution in [1.29, 1.82) is 5.41 Å². The monoisotopic (exact) mass is 345 g/mol. The van der Waals surface area contributed by atoms with Crippen molar-refractivity contribution in [3.05, 3.63) is 47.5 Å². The van der Waals surface area contributed by atoms with Gasteiger partial charge in [0.2, 0.25) is 0 Å². The zero-order valence-electron chi connectivity index (χ0n) is 13.3. The van der Waals surface area contributed by atoms with Gasteiger partial charge in [0.1, 0.15) is 4.75 Å². The molecule has 5 heteroatoms. The number of benzene rings is 2. The Morgan fingerprint density at radius 2 is 1.83 bits per heavy atom. The first-order valence-corrected chi connectivity index (χ1v) is 8.38. The van der Waals surface area contributed by atoms with E-state index in [2.05, 4.69) is 12.6 Å². The van der Waals surface area contributed by atoms with Crippen LogP contribution in [-0.2, 0) is 4.79 Å². The summed E-state index contributed by atoms with van der Waals surface area (Å²) >= 11 is 5.88. The summed E-state index contributed by atoms with van der Waals surface area (Å²) in [6.07, 6.45) is 1.26. The van der Waals surface area contributed by atoms with Crippen LogP contribution in [0.5, 0.6) is 0 Å². The number of carbonyl (C=O) groups is 1. The molecule has 2 rings (SSSR count). The Morgan fingerprint density at radius 3 is 2.35 bits per heavy atom. The van der Waals surface area contributed by atoms with Gasteiger partial charge in [-0.25, -0.2) is 0 Å². The van der Waals surface area contributed by atoms with Gasteiger partial charge >= 0.3 is 5.97 Å². The van der Waals surface area contributed by atoms with Gasteiger partial charge in [-0.3, -0.25) is 4.79 Å². The van der Waals surface area contributed by atoms with Gasteiger partial charge in [-0.15, -0.1) is 24.4 Å². The Bertz CT molecular complexity index is 752. The van der Waals surface area contributed by atoms with Crippen molar-refractivity contribution in [2.24, 2.45) is 0 Å². The zero-order chi connectivity index (χ0) is 17.2. The number of aliphatic carboxylic acids is 1. The van der Waals surface area contributed by atoms with Crippen molar-refractivity contribution in [3.63, 3.8) is 0 Å². The molecular formula is C18H19NO2S2. The molecule has 0 amide bonds. The van der Waals surface area contributed by atoms with Crippen LogP contribution in [0.2, 0.25) is 0 Å². The molecule has 0 radical (unpaired) electrons. The minimum Gasteiger partial charge on any atom is -0.480 e. The summed E-state index contributed by atoms with van der Waals surface area (Å²) < 4.78 is -0.953. The van der Waals surface area contributed by atoms with E-state index < -0.39 is 10.7 Å². The van der Waals surface area contributed by atoms with Gasteiger partial charge in [0.25, 0.3) is 0 Å². The van der Waals surface area contributed by atoms with Crippen molar-refractivity contribution in [2.75, 3.05) is 0 Å². The first kappa shape index (κ1) is 17.6. The van der Waals surface area contributed by atoms with Crippen LogP contribution in [0.25, 0.3) is 11.1 Å².